The predicted molar refractivity (Wildman–Crippen MR) is 116 cm³/mol. The van der Waals surface area contributed by atoms with Gasteiger partial charge in [0.15, 0.2) is 21.6 Å². The Hall–Kier alpha value is -2.64. The van der Waals surface area contributed by atoms with E-state index >= 15 is 0 Å². The fraction of sp³-hybridized carbons (Fsp3) is 0.190. The number of thioether (sulfide) groups is 1. The molecular weight excluding hydrogens is 394 g/mol. The van der Waals surface area contributed by atoms with Gasteiger partial charge in [-0.2, -0.15) is 0 Å². The minimum Gasteiger partial charge on any atom is -0.493 e. The van der Waals surface area contributed by atoms with Gasteiger partial charge in [-0.25, -0.2) is 0 Å². The molecule has 0 atom stereocenters. The topological polar surface area (TPSA) is 55.8 Å². The Kier molecular flexibility index (Phi) is 6.16. The van der Waals surface area contributed by atoms with Gasteiger partial charge < -0.3 is 9.47 Å². The third-order valence-electron chi connectivity index (χ3n) is 4.11. The van der Waals surface area contributed by atoms with Crippen molar-refractivity contribution >= 4 is 51.8 Å². The molecule has 0 unspecified atom stereocenters. The number of rotatable bonds is 6. The van der Waals surface area contributed by atoms with E-state index in [9.17, 15) is 9.59 Å². The van der Waals surface area contributed by atoms with Crippen LogP contribution in [0.3, 0.4) is 0 Å². The summed E-state index contributed by atoms with van der Waals surface area (Å²) in [5.41, 5.74) is 2.04. The van der Waals surface area contributed by atoms with Crippen LogP contribution in [0.1, 0.15) is 29.8 Å². The molecule has 0 aliphatic carbocycles. The van der Waals surface area contributed by atoms with Crippen molar-refractivity contribution in [3.8, 4) is 11.5 Å². The van der Waals surface area contributed by atoms with E-state index in [4.69, 9.17) is 21.7 Å². The minimum absolute atomic E-state index is 0.0266. The van der Waals surface area contributed by atoms with Gasteiger partial charge in [-0.15, -0.1) is 0 Å². The van der Waals surface area contributed by atoms with Crippen molar-refractivity contribution in [3.63, 3.8) is 0 Å². The van der Waals surface area contributed by atoms with E-state index in [2.05, 4.69) is 0 Å². The van der Waals surface area contributed by atoms with Crippen LogP contribution in [0.25, 0.3) is 6.08 Å². The number of nitrogens with zero attached hydrogens (tertiary/aromatic N) is 1. The molecule has 144 valence electrons. The molecule has 7 heteroatoms. The van der Waals surface area contributed by atoms with Crippen LogP contribution in [0.4, 0.5) is 5.69 Å². The number of benzene rings is 2. The fourth-order valence-corrected chi connectivity index (χ4v) is 4.03. The molecule has 3 rings (SSSR count). The average Bonchev–Trinajstić information content (AvgIpc) is 2.96. The Bertz CT molecular complexity index is 967. The van der Waals surface area contributed by atoms with Gasteiger partial charge in [-0.3, -0.25) is 14.5 Å². The summed E-state index contributed by atoms with van der Waals surface area (Å²) in [4.78, 5) is 26.3. The lowest BCUT2D eigenvalue weighted by molar-refractivity contribution is -0.113. The summed E-state index contributed by atoms with van der Waals surface area (Å²) in [7, 11) is 1.58. The van der Waals surface area contributed by atoms with Gasteiger partial charge in [-0.05, 0) is 61.9 Å². The molecule has 0 radical (unpaired) electrons. The first-order valence-electron chi connectivity index (χ1n) is 8.64. The molecule has 1 saturated heterocycles. The Labute approximate surface area is 173 Å². The lowest BCUT2D eigenvalue weighted by Gasteiger charge is -2.14. The zero-order valence-corrected chi connectivity index (χ0v) is 17.4. The van der Waals surface area contributed by atoms with Crippen LogP contribution in [0.5, 0.6) is 11.5 Å². The van der Waals surface area contributed by atoms with Crippen molar-refractivity contribution in [3.05, 3.63) is 58.5 Å². The van der Waals surface area contributed by atoms with Crippen LogP contribution in [0.15, 0.2) is 47.4 Å². The molecule has 0 bridgehead atoms. The Morgan fingerprint density at radius 3 is 2.50 bits per heavy atom. The van der Waals surface area contributed by atoms with Gasteiger partial charge in [0, 0.05) is 5.56 Å². The van der Waals surface area contributed by atoms with Gasteiger partial charge >= 0.3 is 0 Å². The second-order valence-electron chi connectivity index (χ2n) is 5.96. The normalized spacial score (nSPS) is 15.2. The average molecular weight is 414 g/mol. The number of carbonyl (C=O) groups is 2. The zero-order valence-electron chi connectivity index (χ0n) is 15.7. The van der Waals surface area contributed by atoms with E-state index in [0.717, 1.165) is 5.56 Å². The maximum Gasteiger partial charge on any atom is 0.270 e. The summed E-state index contributed by atoms with van der Waals surface area (Å²) < 4.78 is 11.3. The van der Waals surface area contributed by atoms with Gasteiger partial charge in [0.25, 0.3) is 5.91 Å². The third kappa shape index (κ3) is 4.10. The summed E-state index contributed by atoms with van der Waals surface area (Å²) in [5, 5.41) is 0. The highest BCUT2D eigenvalue weighted by atomic mass is 32.2. The smallest absolute Gasteiger partial charge is 0.270 e. The number of ketones is 1. The van der Waals surface area contributed by atoms with Gasteiger partial charge in [0.1, 0.15) is 0 Å². The van der Waals surface area contributed by atoms with Crippen LogP contribution in [-0.2, 0) is 4.79 Å². The molecule has 1 amide bonds. The van der Waals surface area contributed by atoms with Crippen molar-refractivity contribution < 1.29 is 19.1 Å². The number of ether oxygens (including phenoxy) is 2. The van der Waals surface area contributed by atoms with E-state index in [1.165, 1.54) is 23.6 Å². The van der Waals surface area contributed by atoms with Crippen molar-refractivity contribution in [1.82, 2.24) is 0 Å². The minimum atomic E-state index is -0.196. The molecule has 1 aliphatic heterocycles. The number of hydrogen-bond donors (Lipinski definition) is 0. The lowest BCUT2D eigenvalue weighted by atomic mass is 10.1. The quantitative estimate of drug-likeness (QED) is 0.389. The molecule has 1 fully saturated rings. The molecule has 5 nitrogen and oxygen atoms in total. The largest absolute Gasteiger partial charge is 0.493 e. The molecule has 1 aliphatic rings. The van der Waals surface area contributed by atoms with Crippen molar-refractivity contribution in [1.29, 1.82) is 0 Å². The highest BCUT2D eigenvalue weighted by Gasteiger charge is 2.33. The number of methoxy groups -OCH3 is 1. The zero-order chi connectivity index (χ0) is 20.3. The number of hydrogen-bond acceptors (Lipinski definition) is 6. The fourth-order valence-electron chi connectivity index (χ4n) is 2.74. The summed E-state index contributed by atoms with van der Waals surface area (Å²) in [6.45, 7) is 3.95. The summed E-state index contributed by atoms with van der Waals surface area (Å²) in [6.07, 6.45) is 1.78. The van der Waals surface area contributed by atoms with Crippen molar-refractivity contribution in [2.45, 2.75) is 13.8 Å². The second kappa shape index (κ2) is 8.58. The maximum absolute atomic E-state index is 12.9. The van der Waals surface area contributed by atoms with E-state index < -0.39 is 0 Å². The number of anilines is 1. The van der Waals surface area contributed by atoms with Crippen LogP contribution in [0.2, 0.25) is 0 Å². The van der Waals surface area contributed by atoms with E-state index in [1.54, 1.807) is 37.5 Å². The Morgan fingerprint density at radius 1 is 1.18 bits per heavy atom. The number of Topliss-reactive ketones (excluding diaryl/α,β-unsaturated/α-hetero) is 1. The molecule has 28 heavy (non-hydrogen) atoms. The first-order chi connectivity index (χ1) is 13.4. The number of amides is 1. The second-order valence-corrected chi connectivity index (χ2v) is 7.64. The van der Waals surface area contributed by atoms with Crippen molar-refractivity contribution in [2.24, 2.45) is 0 Å². The highest BCUT2D eigenvalue weighted by Crippen LogP contribution is 2.37. The van der Waals surface area contributed by atoms with Gasteiger partial charge in [0.2, 0.25) is 0 Å². The van der Waals surface area contributed by atoms with Gasteiger partial charge in [-0.1, -0.05) is 30.0 Å². The van der Waals surface area contributed by atoms with Crippen LogP contribution in [-0.4, -0.2) is 29.7 Å². The molecule has 2 aromatic rings. The Balaban J connectivity index is 1.87. The molecule has 0 spiro atoms. The lowest BCUT2D eigenvalue weighted by Crippen LogP contribution is -2.27. The van der Waals surface area contributed by atoms with E-state index in [1.807, 2.05) is 25.1 Å². The molecule has 0 aromatic heterocycles. The van der Waals surface area contributed by atoms with Gasteiger partial charge in [0.05, 0.1) is 24.3 Å². The SMILES string of the molecule is CCOc1ccc(/C=C2\SC(=S)N(c3ccc(C(C)=O)cc3)C2=O)cc1OC. The van der Waals surface area contributed by atoms with Crippen molar-refractivity contribution in [2.75, 3.05) is 18.6 Å². The predicted octanol–water partition coefficient (Wildman–Crippen LogP) is 4.70. The van der Waals surface area contributed by atoms with Crippen LogP contribution >= 0.6 is 24.0 Å². The summed E-state index contributed by atoms with van der Waals surface area (Å²) >= 11 is 6.64. The molecular formula is C21H19NO4S2. The molecule has 2 aromatic carbocycles. The van der Waals surface area contributed by atoms with Crippen LogP contribution < -0.4 is 14.4 Å². The monoisotopic (exact) mass is 413 g/mol. The maximum atomic E-state index is 12.9. The Morgan fingerprint density at radius 2 is 1.89 bits per heavy atom. The van der Waals surface area contributed by atoms with E-state index in [-0.39, 0.29) is 11.7 Å². The van der Waals surface area contributed by atoms with E-state index in [0.29, 0.717) is 38.6 Å². The number of carbonyl (C=O) groups excluding carboxylic acids is 2. The molecule has 1 heterocycles. The summed E-state index contributed by atoms with van der Waals surface area (Å²) in [5.74, 6) is 1.03. The highest BCUT2D eigenvalue weighted by molar-refractivity contribution is 8.27. The first kappa shape index (κ1) is 20.1. The third-order valence-corrected chi connectivity index (χ3v) is 5.41. The van der Waals surface area contributed by atoms with Crippen LogP contribution in [0, 0.1) is 0 Å². The standard InChI is InChI=1S/C21H19NO4S2/c1-4-26-17-10-5-14(11-18(17)25-3)12-19-20(24)22(21(27)28-19)16-8-6-15(7-9-16)13(2)23/h5-12H,4H2,1-3H3/b19-12-. The summed E-state index contributed by atoms with van der Waals surface area (Å²) in [6, 6.07) is 12.3. The first-order valence-corrected chi connectivity index (χ1v) is 9.87. The molecule has 0 saturated carbocycles. The number of thiocarbonyl (C=S) groups is 1. The molecule has 0 N–H and O–H groups in total.